The third-order valence-electron chi connectivity index (χ3n) is 2.90. The van der Waals surface area contributed by atoms with Gasteiger partial charge in [0.25, 0.3) is 0 Å². The highest BCUT2D eigenvalue weighted by Gasteiger charge is 2.21. The summed E-state index contributed by atoms with van der Waals surface area (Å²) >= 11 is 0. The minimum absolute atomic E-state index is 0.000372. The van der Waals surface area contributed by atoms with Crippen LogP contribution in [0.25, 0.3) is 0 Å². The molecule has 98 valence electrons. The number of aryl methyl sites for hydroxylation is 1. The lowest BCUT2D eigenvalue weighted by molar-refractivity contribution is 0.0488. The zero-order chi connectivity index (χ0) is 13.7. The lowest BCUT2D eigenvalue weighted by atomic mass is 9.97. The Morgan fingerprint density at radius 1 is 1.28 bits per heavy atom. The molecule has 0 amide bonds. The van der Waals surface area contributed by atoms with E-state index in [1.54, 1.807) is 13.0 Å². The van der Waals surface area contributed by atoms with Crippen molar-refractivity contribution in [3.05, 3.63) is 34.4 Å². The smallest absolute Gasteiger partial charge is 0.339 e. The van der Waals surface area contributed by atoms with E-state index in [0.29, 0.717) is 12.2 Å². The highest BCUT2D eigenvalue weighted by molar-refractivity contribution is 6.03. The summed E-state index contributed by atoms with van der Waals surface area (Å²) in [6, 6.07) is 3.14. The Hall–Kier alpha value is -1.84. The lowest BCUT2D eigenvalue weighted by Gasteiger charge is -2.11. The third-order valence-corrected chi connectivity index (χ3v) is 2.90. The van der Waals surface area contributed by atoms with E-state index in [2.05, 4.69) is 0 Å². The van der Waals surface area contributed by atoms with Gasteiger partial charge in [0, 0.05) is 0 Å². The molecule has 0 aliphatic carbocycles. The monoisotopic (exact) mass is 250 g/mol. The average Bonchev–Trinajstić information content (AvgIpc) is 2.32. The third kappa shape index (κ3) is 3.09. The Kier molecular flexibility index (Phi) is 4.89. The second-order valence-electron chi connectivity index (χ2n) is 4.22. The number of carboxylic acids is 1. The number of rotatable bonds is 5. The van der Waals surface area contributed by atoms with E-state index >= 15 is 0 Å². The van der Waals surface area contributed by atoms with Crippen LogP contribution in [0.1, 0.15) is 51.6 Å². The first-order valence-corrected chi connectivity index (χ1v) is 5.99. The van der Waals surface area contributed by atoms with Crippen LogP contribution < -0.4 is 0 Å². The molecule has 0 aliphatic heterocycles. The van der Waals surface area contributed by atoms with Crippen molar-refractivity contribution in [2.75, 3.05) is 6.61 Å². The van der Waals surface area contributed by atoms with Gasteiger partial charge in [0.2, 0.25) is 0 Å². The fraction of sp³-hybridized carbons (Fsp3) is 0.429. The standard InChI is InChI=1S/C14H18O4/c1-4-5-8-18-14(17)12-10(3)9(2)6-7-11(12)13(15)16/h6-7H,4-5,8H2,1-3H3,(H,15,16). The Bertz CT molecular complexity index is 463. The molecule has 0 radical (unpaired) electrons. The van der Waals surface area contributed by atoms with Gasteiger partial charge in [-0.05, 0) is 37.5 Å². The van der Waals surface area contributed by atoms with Crippen molar-refractivity contribution < 1.29 is 19.4 Å². The first-order valence-electron chi connectivity index (χ1n) is 5.99. The molecule has 4 heteroatoms. The number of unbranched alkanes of at least 4 members (excludes halogenated alkanes) is 1. The van der Waals surface area contributed by atoms with Crippen LogP contribution in [0.5, 0.6) is 0 Å². The van der Waals surface area contributed by atoms with Crippen molar-refractivity contribution in [2.24, 2.45) is 0 Å². The molecule has 1 aromatic rings. The number of aromatic carboxylic acids is 1. The molecule has 0 aromatic heterocycles. The molecule has 0 atom stereocenters. The van der Waals surface area contributed by atoms with Gasteiger partial charge in [-0.25, -0.2) is 9.59 Å². The summed E-state index contributed by atoms with van der Waals surface area (Å²) in [4.78, 5) is 23.0. The van der Waals surface area contributed by atoms with Gasteiger partial charge in [0.05, 0.1) is 17.7 Å². The minimum Gasteiger partial charge on any atom is -0.478 e. The van der Waals surface area contributed by atoms with E-state index in [0.717, 1.165) is 18.4 Å². The number of carbonyl (C=O) groups excluding carboxylic acids is 1. The minimum atomic E-state index is -1.11. The molecule has 18 heavy (non-hydrogen) atoms. The van der Waals surface area contributed by atoms with Crippen LogP contribution >= 0.6 is 0 Å². The second-order valence-corrected chi connectivity index (χ2v) is 4.22. The van der Waals surface area contributed by atoms with Crippen LogP contribution in [0, 0.1) is 13.8 Å². The van der Waals surface area contributed by atoms with Gasteiger partial charge in [-0.3, -0.25) is 0 Å². The summed E-state index contributed by atoms with van der Waals surface area (Å²) in [6.45, 7) is 5.89. The Morgan fingerprint density at radius 3 is 2.50 bits per heavy atom. The van der Waals surface area contributed by atoms with Crippen LogP contribution in [0.4, 0.5) is 0 Å². The van der Waals surface area contributed by atoms with Crippen molar-refractivity contribution in [1.29, 1.82) is 0 Å². The largest absolute Gasteiger partial charge is 0.478 e. The Morgan fingerprint density at radius 2 is 1.94 bits per heavy atom. The summed E-state index contributed by atoms with van der Waals surface area (Å²) in [7, 11) is 0. The number of hydrogen-bond acceptors (Lipinski definition) is 3. The SMILES string of the molecule is CCCCOC(=O)c1c(C(=O)O)ccc(C)c1C. The first-order chi connectivity index (χ1) is 8.49. The predicted octanol–water partition coefficient (Wildman–Crippen LogP) is 2.96. The van der Waals surface area contributed by atoms with E-state index in [4.69, 9.17) is 9.84 Å². The molecule has 1 aromatic carbocycles. The summed E-state index contributed by atoms with van der Waals surface area (Å²) in [5.74, 6) is -1.66. The summed E-state index contributed by atoms with van der Waals surface area (Å²) in [5, 5.41) is 9.09. The van der Waals surface area contributed by atoms with Crippen LogP contribution in [-0.2, 0) is 4.74 Å². The van der Waals surface area contributed by atoms with E-state index in [-0.39, 0.29) is 11.1 Å². The zero-order valence-electron chi connectivity index (χ0n) is 10.9. The van der Waals surface area contributed by atoms with Crippen LogP contribution in [-0.4, -0.2) is 23.7 Å². The first kappa shape index (κ1) is 14.2. The average molecular weight is 250 g/mol. The quantitative estimate of drug-likeness (QED) is 0.644. The highest BCUT2D eigenvalue weighted by Crippen LogP contribution is 2.19. The molecule has 4 nitrogen and oxygen atoms in total. The van der Waals surface area contributed by atoms with E-state index < -0.39 is 11.9 Å². The molecule has 0 heterocycles. The number of benzene rings is 1. The maximum atomic E-state index is 11.9. The maximum Gasteiger partial charge on any atom is 0.339 e. The molecule has 1 rings (SSSR count). The van der Waals surface area contributed by atoms with E-state index in [1.807, 2.05) is 13.8 Å². The summed E-state index contributed by atoms with van der Waals surface area (Å²) < 4.78 is 5.09. The van der Waals surface area contributed by atoms with Crippen LogP contribution in [0.3, 0.4) is 0 Å². The number of carbonyl (C=O) groups is 2. The van der Waals surface area contributed by atoms with Crippen molar-refractivity contribution in [2.45, 2.75) is 33.6 Å². The molecule has 0 bridgehead atoms. The second kappa shape index (κ2) is 6.19. The van der Waals surface area contributed by atoms with E-state index in [9.17, 15) is 9.59 Å². The van der Waals surface area contributed by atoms with Gasteiger partial charge in [0.1, 0.15) is 0 Å². The lowest BCUT2D eigenvalue weighted by Crippen LogP contribution is -2.15. The molecular weight excluding hydrogens is 232 g/mol. The zero-order valence-corrected chi connectivity index (χ0v) is 10.9. The normalized spacial score (nSPS) is 10.2. The molecule has 0 aliphatic rings. The number of esters is 1. The fourth-order valence-corrected chi connectivity index (χ4v) is 1.64. The number of hydrogen-bond donors (Lipinski definition) is 1. The molecule has 0 saturated heterocycles. The van der Waals surface area contributed by atoms with Gasteiger partial charge in [-0.2, -0.15) is 0 Å². The van der Waals surface area contributed by atoms with Crippen molar-refractivity contribution in [3.8, 4) is 0 Å². The van der Waals surface area contributed by atoms with E-state index in [1.165, 1.54) is 6.07 Å². The summed E-state index contributed by atoms with van der Waals surface area (Å²) in [6.07, 6.45) is 1.70. The molecule has 0 saturated carbocycles. The van der Waals surface area contributed by atoms with Gasteiger partial charge in [-0.1, -0.05) is 19.4 Å². The van der Waals surface area contributed by atoms with Gasteiger partial charge < -0.3 is 9.84 Å². The van der Waals surface area contributed by atoms with Gasteiger partial charge >= 0.3 is 11.9 Å². The number of ether oxygens (including phenoxy) is 1. The maximum absolute atomic E-state index is 11.9. The van der Waals surface area contributed by atoms with Gasteiger partial charge in [-0.15, -0.1) is 0 Å². The fourth-order valence-electron chi connectivity index (χ4n) is 1.64. The topological polar surface area (TPSA) is 63.6 Å². The Labute approximate surface area is 107 Å². The number of carboxylic acid groups (broad SMARTS) is 1. The van der Waals surface area contributed by atoms with Gasteiger partial charge in [0.15, 0.2) is 0 Å². The molecule has 0 unspecified atom stereocenters. The highest BCUT2D eigenvalue weighted by atomic mass is 16.5. The van der Waals surface area contributed by atoms with Crippen molar-refractivity contribution in [3.63, 3.8) is 0 Å². The predicted molar refractivity (Wildman–Crippen MR) is 68.1 cm³/mol. The molecular formula is C14H18O4. The van der Waals surface area contributed by atoms with Crippen LogP contribution in [0.2, 0.25) is 0 Å². The molecule has 0 spiro atoms. The van der Waals surface area contributed by atoms with Crippen LogP contribution in [0.15, 0.2) is 12.1 Å². The Balaban J connectivity index is 3.08. The molecule has 0 fully saturated rings. The van der Waals surface area contributed by atoms with Crippen molar-refractivity contribution in [1.82, 2.24) is 0 Å². The summed E-state index contributed by atoms with van der Waals surface area (Å²) in [5.41, 5.74) is 1.71. The van der Waals surface area contributed by atoms with Crippen molar-refractivity contribution >= 4 is 11.9 Å². The molecule has 1 N–H and O–H groups in total.